The molecule has 0 radical (unpaired) electrons. The normalized spacial score (nSPS) is 17.6. The second-order valence-electron chi connectivity index (χ2n) is 6.13. The Bertz CT molecular complexity index is 591. The molecule has 1 aliphatic heterocycles. The van der Waals surface area contributed by atoms with Gasteiger partial charge >= 0.3 is 0 Å². The minimum atomic E-state index is -0.488. The van der Waals surface area contributed by atoms with Crippen LogP contribution in [0.15, 0.2) is 29.3 Å². The number of hydrogen-bond donors (Lipinski definition) is 2. The molecular weight excluding hydrogens is 320 g/mol. The van der Waals surface area contributed by atoms with E-state index in [2.05, 4.69) is 17.1 Å². The summed E-state index contributed by atoms with van der Waals surface area (Å²) in [5.74, 6) is 1.61. The highest BCUT2D eigenvalue weighted by atomic mass is 16.5. The number of carbonyl (C=O) groups excluding carboxylic acids is 1. The van der Waals surface area contributed by atoms with E-state index >= 15 is 0 Å². The number of ether oxygens (including phenoxy) is 2. The van der Waals surface area contributed by atoms with Crippen molar-refractivity contribution in [3.8, 4) is 5.75 Å². The Kier molecular flexibility index (Phi) is 7.53. The number of benzene rings is 1. The zero-order chi connectivity index (χ0) is 18.1. The van der Waals surface area contributed by atoms with E-state index in [1.54, 1.807) is 13.2 Å². The van der Waals surface area contributed by atoms with E-state index in [-0.39, 0.29) is 6.61 Å². The minimum Gasteiger partial charge on any atom is -0.484 e. The van der Waals surface area contributed by atoms with E-state index in [0.717, 1.165) is 44.2 Å². The third-order valence-corrected chi connectivity index (χ3v) is 4.01. The molecule has 25 heavy (non-hydrogen) atoms. The monoisotopic (exact) mass is 348 g/mol. The molecule has 1 unspecified atom stereocenters. The zero-order valence-electron chi connectivity index (χ0n) is 15.0. The summed E-state index contributed by atoms with van der Waals surface area (Å²) in [4.78, 5) is 17.8. The van der Waals surface area contributed by atoms with Gasteiger partial charge in [-0.2, -0.15) is 0 Å². The van der Waals surface area contributed by atoms with Crippen molar-refractivity contribution in [2.45, 2.75) is 19.9 Å². The average molecular weight is 348 g/mol. The highest BCUT2D eigenvalue weighted by Gasteiger charge is 2.24. The second kappa shape index (κ2) is 9.88. The van der Waals surface area contributed by atoms with Gasteiger partial charge in [0.15, 0.2) is 12.6 Å². The summed E-state index contributed by atoms with van der Waals surface area (Å²) in [5.41, 5.74) is 6.12. The lowest BCUT2D eigenvalue weighted by molar-refractivity contribution is -0.119. The summed E-state index contributed by atoms with van der Waals surface area (Å²) in [5, 5.41) is 3.35. The standard InChI is InChI=1S/C18H28N4O3/c1-3-20-18(22-8-7-15(11-22)12-24-2)21-10-14-5-4-6-16(9-14)25-13-17(19)23/h4-6,9,15H,3,7-8,10-13H2,1-2H3,(H2,19,23)(H,20,21). The number of likely N-dealkylation sites (tertiary alicyclic amines) is 1. The molecule has 0 saturated carbocycles. The lowest BCUT2D eigenvalue weighted by atomic mass is 10.1. The summed E-state index contributed by atoms with van der Waals surface area (Å²) in [7, 11) is 1.75. The maximum atomic E-state index is 10.8. The summed E-state index contributed by atoms with van der Waals surface area (Å²) in [6, 6.07) is 7.56. The molecule has 0 spiro atoms. The van der Waals surface area contributed by atoms with Gasteiger partial charge in [-0.15, -0.1) is 0 Å². The molecule has 7 heteroatoms. The Balaban J connectivity index is 1.99. The first-order valence-corrected chi connectivity index (χ1v) is 8.64. The molecule has 1 amide bonds. The van der Waals surface area contributed by atoms with E-state index in [1.165, 1.54) is 0 Å². The van der Waals surface area contributed by atoms with Crippen LogP contribution in [-0.2, 0) is 16.1 Å². The highest BCUT2D eigenvalue weighted by Crippen LogP contribution is 2.17. The molecule has 1 heterocycles. The first kappa shape index (κ1) is 19.1. The van der Waals surface area contributed by atoms with Crippen LogP contribution in [0, 0.1) is 5.92 Å². The third-order valence-electron chi connectivity index (χ3n) is 4.01. The van der Waals surface area contributed by atoms with Crippen LogP contribution in [-0.4, -0.2) is 56.7 Å². The fourth-order valence-corrected chi connectivity index (χ4v) is 2.88. The molecule has 2 rings (SSSR count). The van der Waals surface area contributed by atoms with Crippen molar-refractivity contribution < 1.29 is 14.3 Å². The van der Waals surface area contributed by atoms with Crippen molar-refractivity contribution in [2.24, 2.45) is 16.6 Å². The van der Waals surface area contributed by atoms with Crippen molar-refractivity contribution in [2.75, 3.05) is 40.0 Å². The van der Waals surface area contributed by atoms with Crippen LogP contribution in [0.3, 0.4) is 0 Å². The number of nitrogens with one attached hydrogen (secondary N) is 1. The Morgan fingerprint density at radius 1 is 1.48 bits per heavy atom. The predicted octanol–water partition coefficient (Wildman–Crippen LogP) is 0.985. The van der Waals surface area contributed by atoms with Gasteiger partial charge in [0, 0.05) is 32.7 Å². The Morgan fingerprint density at radius 3 is 3.04 bits per heavy atom. The van der Waals surface area contributed by atoms with E-state index < -0.39 is 5.91 Å². The molecule has 1 aliphatic rings. The number of aliphatic imine (C=N–C) groups is 1. The van der Waals surface area contributed by atoms with E-state index in [0.29, 0.717) is 18.2 Å². The molecule has 0 aromatic heterocycles. The fraction of sp³-hybridized carbons (Fsp3) is 0.556. The summed E-state index contributed by atoms with van der Waals surface area (Å²) >= 11 is 0. The number of nitrogens with two attached hydrogens (primary N) is 1. The lowest BCUT2D eigenvalue weighted by Gasteiger charge is -2.21. The van der Waals surface area contributed by atoms with Crippen LogP contribution < -0.4 is 15.8 Å². The SMILES string of the molecule is CCNC(=NCc1cccc(OCC(N)=O)c1)N1CCC(COC)C1. The molecule has 0 bridgehead atoms. The predicted molar refractivity (Wildman–Crippen MR) is 97.5 cm³/mol. The van der Waals surface area contributed by atoms with Gasteiger partial charge in [0.05, 0.1) is 13.2 Å². The largest absolute Gasteiger partial charge is 0.484 e. The maximum absolute atomic E-state index is 10.8. The van der Waals surface area contributed by atoms with E-state index in [4.69, 9.17) is 20.2 Å². The number of guanidine groups is 1. The Morgan fingerprint density at radius 2 is 2.32 bits per heavy atom. The zero-order valence-corrected chi connectivity index (χ0v) is 15.0. The van der Waals surface area contributed by atoms with Crippen LogP contribution in [0.4, 0.5) is 0 Å². The maximum Gasteiger partial charge on any atom is 0.255 e. The van der Waals surface area contributed by atoms with Crippen molar-refractivity contribution in [1.82, 2.24) is 10.2 Å². The summed E-state index contributed by atoms with van der Waals surface area (Å²) < 4.78 is 10.6. The fourth-order valence-electron chi connectivity index (χ4n) is 2.88. The minimum absolute atomic E-state index is 0.121. The third kappa shape index (κ3) is 6.26. The Hall–Kier alpha value is -2.28. The lowest BCUT2D eigenvalue weighted by Crippen LogP contribution is -2.40. The Labute approximate surface area is 149 Å². The first-order chi connectivity index (χ1) is 12.1. The van der Waals surface area contributed by atoms with Gasteiger partial charge in [-0.25, -0.2) is 4.99 Å². The highest BCUT2D eigenvalue weighted by molar-refractivity contribution is 5.80. The van der Waals surface area contributed by atoms with Crippen LogP contribution in [0.5, 0.6) is 5.75 Å². The smallest absolute Gasteiger partial charge is 0.255 e. The number of primary amides is 1. The molecule has 1 aromatic rings. The number of amides is 1. The van der Waals surface area contributed by atoms with Crippen LogP contribution >= 0.6 is 0 Å². The number of nitrogens with zero attached hydrogens (tertiary/aromatic N) is 2. The first-order valence-electron chi connectivity index (χ1n) is 8.64. The molecule has 3 N–H and O–H groups in total. The molecule has 138 valence electrons. The molecule has 7 nitrogen and oxygen atoms in total. The van der Waals surface area contributed by atoms with Gasteiger partial charge in [-0.3, -0.25) is 4.79 Å². The molecule has 1 aromatic carbocycles. The van der Waals surface area contributed by atoms with Crippen molar-refractivity contribution in [3.05, 3.63) is 29.8 Å². The number of methoxy groups -OCH3 is 1. The quantitative estimate of drug-likeness (QED) is 0.540. The van der Waals surface area contributed by atoms with Crippen LogP contribution in [0.25, 0.3) is 0 Å². The van der Waals surface area contributed by atoms with E-state index in [1.807, 2.05) is 18.2 Å². The second-order valence-corrected chi connectivity index (χ2v) is 6.13. The summed E-state index contributed by atoms with van der Waals surface area (Å²) in [6.45, 7) is 6.05. The molecule has 0 aliphatic carbocycles. The molecular formula is C18H28N4O3. The number of carbonyl (C=O) groups is 1. The van der Waals surface area contributed by atoms with Gasteiger partial charge in [0.1, 0.15) is 5.75 Å². The van der Waals surface area contributed by atoms with Crippen molar-refractivity contribution in [1.29, 1.82) is 0 Å². The number of hydrogen-bond acceptors (Lipinski definition) is 4. The number of rotatable bonds is 8. The molecule has 1 saturated heterocycles. The van der Waals surface area contributed by atoms with Gasteiger partial charge in [0.25, 0.3) is 5.91 Å². The van der Waals surface area contributed by atoms with Crippen LogP contribution in [0.2, 0.25) is 0 Å². The van der Waals surface area contributed by atoms with Crippen molar-refractivity contribution >= 4 is 11.9 Å². The topological polar surface area (TPSA) is 89.2 Å². The van der Waals surface area contributed by atoms with Crippen molar-refractivity contribution in [3.63, 3.8) is 0 Å². The van der Waals surface area contributed by atoms with Crippen LogP contribution in [0.1, 0.15) is 18.9 Å². The van der Waals surface area contributed by atoms with Gasteiger partial charge in [-0.05, 0) is 31.0 Å². The average Bonchev–Trinajstić information content (AvgIpc) is 3.06. The van der Waals surface area contributed by atoms with Gasteiger partial charge < -0.3 is 25.4 Å². The van der Waals surface area contributed by atoms with E-state index in [9.17, 15) is 4.79 Å². The summed E-state index contributed by atoms with van der Waals surface area (Å²) in [6.07, 6.45) is 1.12. The van der Waals surface area contributed by atoms with Gasteiger partial charge in [0.2, 0.25) is 0 Å². The molecule has 1 fully saturated rings. The van der Waals surface area contributed by atoms with Gasteiger partial charge in [-0.1, -0.05) is 12.1 Å². The molecule has 1 atom stereocenters.